The minimum absolute atomic E-state index is 0.0418. The van der Waals surface area contributed by atoms with Gasteiger partial charge in [-0.2, -0.15) is 0 Å². The van der Waals surface area contributed by atoms with E-state index in [0.717, 1.165) is 12.3 Å². The lowest BCUT2D eigenvalue weighted by Gasteiger charge is -2.06. The molecule has 0 aliphatic heterocycles. The van der Waals surface area contributed by atoms with Crippen molar-refractivity contribution in [2.45, 2.75) is 0 Å². The van der Waals surface area contributed by atoms with Crippen LogP contribution in [-0.2, 0) is 4.74 Å². The lowest BCUT2D eigenvalue weighted by atomic mass is 10.1. The van der Waals surface area contributed by atoms with Gasteiger partial charge in [-0.25, -0.2) is 13.6 Å². The largest absolute Gasteiger partial charge is 0.465 e. The Hall–Kier alpha value is -1.75. The van der Waals surface area contributed by atoms with Gasteiger partial charge in [0.2, 0.25) is 0 Å². The third-order valence-electron chi connectivity index (χ3n) is 2.23. The summed E-state index contributed by atoms with van der Waals surface area (Å²) >= 11 is 5.87. The maximum absolute atomic E-state index is 13.5. The Morgan fingerprint density at radius 3 is 2.76 bits per heavy atom. The van der Waals surface area contributed by atoms with Crippen LogP contribution in [0.1, 0.15) is 10.4 Å². The summed E-state index contributed by atoms with van der Waals surface area (Å²) in [5, 5.41) is -0.240. The molecule has 0 saturated carbocycles. The molecular formula is C11H6ClF2NO2. The minimum atomic E-state index is -0.872. The van der Waals surface area contributed by atoms with Gasteiger partial charge in [-0.3, -0.25) is 4.98 Å². The quantitative estimate of drug-likeness (QED) is 0.738. The fraction of sp³-hybridized carbons (Fsp3) is 0.0909. The molecule has 0 aliphatic rings. The summed E-state index contributed by atoms with van der Waals surface area (Å²) in [5.74, 6) is -2.36. The molecule has 0 amide bonds. The average molecular weight is 258 g/mol. The second-order valence-corrected chi connectivity index (χ2v) is 3.64. The van der Waals surface area contributed by atoms with Crippen LogP contribution in [0.3, 0.4) is 0 Å². The molecule has 0 aliphatic carbocycles. The van der Waals surface area contributed by atoms with E-state index in [1.807, 2.05) is 0 Å². The summed E-state index contributed by atoms with van der Waals surface area (Å²) in [5.41, 5.74) is -0.0210. The SMILES string of the molecule is COC(=O)c1cnc2cc(F)cc(F)c2c1Cl. The first kappa shape index (κ1) is 11.7. The van der Waals surface area contributed by atoms with Gasteiger partial charge in [-0.15, -0.1) is 0 Å². The summed E-state index contributed by atoms with van der Waals surface area (Å²) in [4.78, 5) is 15.1. The van der Waals surface area contributed by atoms with E-state index in [-0.39, 0.29) is 21.5 Å². The van der Waals surface area contributed by atoms with Crippen LogP contribution in [0.5, 0.6) is 0 Å². The number of halogens is 3. The molecule has 0 bridgehead atoms. The highest BCUT2D eigenvalue weighted by Crippen LogP contribution is 2.29. The zero-order valence-corrected chi connectivity index (χ0v) is 9.39. The van der Waals surface area contributed by atoms with Gasteiger partial charge in [0.05, 0.1) is 28.6 Å². The van der Waals surface area contributed by atoms with Crippen molar-refractivity contribution in [3.8, 4) is 0 Å². The summed E-state index contributed by atoms with van der Waals surface area (Å²) in [6.07, 6.45) is 1.12. The molecular weight excluding hydrogens is 252 g/mol. The Balaban J connectivity index is 2.80. The average Bonchev–Trinajstić information content (AvgIpc) is 2.27. The van der Waals surface area contributed by atoms with E-state index in [1.54, 1.807) is 0 Å². The standard InChI is InChI=1S/C11H6ClF2NO2/c1-17-11(16)6-4-15-8-3-5(13)2-7(14)9(8)10(6)12/h2-4H,1H3. The van der Waals surface area contributed by atoms with Crippen LogP contribution >= 0.6 is 11.6 Å². The van der Waals surface area contributed by atoms with Gasteiger partial charge in [0.25, 0.3) is 0 Å². The molecule has 2 aromatic rings. The zero-order valence-electron chi connectivity index (χ0n) is 8.63. The third kappa shape index (κ3) is 1.93. The highest BCUT2D eigenvalue weighted by molar-refractivity contribution is 6.38. The zero-order chi connectivity index (χ0) is 12.6. The van der Waals surface area contributed by atoms with Gasteiger partial charge in [-0.1, -0.05) is 11.6 Å². The van der Waals surface area contributed by atoms with E-state index < -0.39 is 17.6 Å². The van der Waals surface area contributed by atoms with Gasteiger partial charge >= 0.3 is 5.97 Å². The smallest absolute Gasteiger partial charge is 0.340 e. The molecule has 1 aromatic carbocycles. The number of methoxy groups -OCH3 is 1. The molecule has 17 heavy (non-hydrogen) atoms. The van der Waals surface area contributed by atoms with Crippen LogP contribution in [-0.4, -0.2) is 18.1 Å². The summed E-state index contributed by atoms with van der Waals surface area (Å²) in [7, 11) is 1.17. The molecule has 0 spiro atoms. The molecule has 0 atom stereocenters. The maximum atomic E-state index is 13.5. The van der Waals surface area contributed by atoms with Crippen molar-refractivity contribution in [2.75, 3.05) is 7.11 Å². The lowest BCUT2D eigenvalue weighted by molar-refractivity contribution is 0.0600. The Labute approximate surface area is 100.0 Å². The molecule has 0 fully saturated rings. The number of ether oxygens (including phenoxy) is 1. The van der Waals surface area contributed by atoms with Crippen molar-refractivity contribution in [1.29, 1.82) is 0 Å². The number of carbonyl (C=O) groups is 1. The van der Waals surface area contributed by atoms with Crippen LogP contribution in [0.15, 0.2) is 18.3 Å². The first-order valence-corrected chi connectivity index (χ1v) is 4.94. The number of fused-ring (bicyclic) bond motifs is 1. The summed E-state index contributed by atoms with van der Waals surface area (Å²) in [6.45, 7) is 0. The van der Waals surface area contributed by atoms with E-state index >= 15 is 0 Å². The second kappa shape index (κ2) is 4.25. The fourth-order valence-corrected chi connectivity index (χ4v) is 1.77. The fourth-order valence-electron chi connectivity index (χ4n) is 1.46. The molecule has 0 N–H and O–H groups in total. The van der Waals surface area contributed by atoms with Gasteiger partial charge in [0, 0.05) is 18.3 Å². The number of pyridine rings is 1. The number of rotatable bonds is 1. The Bertz CT molecular complexity index is 616. The number of hydrogen-bond donors (Lipinski definition) is 0. The molecule has 1 heterocycles. The number of esters is 1. The maximum Gasteiger partial charge on any atom is 0.340 e. The summed E-state index contributed by atoms with van der Waals surface area (Å²) in [6, 6.07) is 1.71. The van der Waals surface area contributed by atoms with Crippen molar-refractivity contribution in [3.63, 3.8) is 0 Å². The van der Waals surface area contributed by atoms with Crippen molar-refractivity contribution >= 4 is 28.5 Å². The van der Waals surface area contributed by atoms with Crippen molar-refractivity contribution in [1.82, 2.24) is 4.98 Å². The monoisotopic (exact) mass is 257 g/mol. The predicted molar refractivity (Wildman–Crippen MR) is 58.0 cm³/mol. The Morgan fingerprint density at radius 1 is 1.41 bits per heavy atom. The van der Waals surface area contributed by atoms with Gasteiger partial charge in [0.15, 0.2) is 0 Å². The highest BCUT2D eigenvalue weighted by atomic mass is 35.5. The van der Waals surface area contributed by atoms with Crippen molar-refractivity contribution in [2.24, 2.45) is 0 Å². The van der Waals surface area contributed by atoms with Gasteiger partial charge < -0.3 is 4.74 Å². The molecule has 6 heteroatoms. The topological polar surface area (TPSA) is 39.2 Å². The number of aromatic nitrogens is 1. The number of hydrogen-bond acceptors (Lipinski definition) is 3. The molecule has 0 unspecified atom stereocenters. The van der Waals surface area contributed by atoms with Crippen molar-refractivity contribution < 1.29 is 18.3 Å². The first-order chi connectivity index (χ1) is 8.04. The molecule has 2 rings (SSSR count). The van der Waals surface area contributed by atoms with Crippen LogP contribution < -0.4 is 0 Å². The van der Waals surface area contributed by atoms with E-state index in [2.05, 4.69) is 9.72 Å². The second-order valence-electron chi connectivity index (χ2n) is 3.26. The van der Waals surface area contributed by atoms with Crippen LogP contribution in [0.2, 0.25) is 5.02 Å². The molecule has 0 saturated heterocycles. The number of nitrogens with zero attached hydrogens (tertiary/aromatic N) is 1. The molecule has 0 radical (unpaired) electrons. The van der Waals surface area contributed by atoms with E-state index in [0.29, 0.717) is 6.07 Å². The summed E-state index contributed by atoms with van der Waals surface area (Å²) < 4.78 is 30.9. The number of carbonyl (C=O) groups excluding carboxylic acids is 1. The van der Waals surface area contributed by atoms with E-state index in [1.165, 1.54) is 7.11 Å². The van der Waals surface area contributed by atoms with Gasteiger partial charge in [0.1, 0.15) is 11.6 Å². The molecule has 88 valence electrons. The van der Waals surface area contributed by atoms with Crippen molar-refractivity contribution in [3.05, 3.63) is 40.6 Å². The number of benzene rings is 1. The Kier molecular flexibility index (Phi) is 2.93. The van der Waals surface area contributed by atoms with Crippen LogP contribution in [0.4, 0.5) is 8.78 Å². The first-order valence-electron chi connectivity index (χ1n) is 4.56. The lowest BCUT2D eigenvalue weighted by Crippen LogP contribution is -2.04. The molecule has 1 aromatic heterocycles. The highest BCUT2D eigenvalue weighted by Gasteiger charge is 2.17. The van der Waals surface area contributed by atoms with Gasteiger partial charge in [-0.05, 0) is 0 Å². The predicted octanol–water partition coefficient (Wildman–Crippen LogP) is 2.95. The normalized spacial score (nSPS) is 10.6. The van der Waals surface area contributed by atoms with E-state index in [4.69, 9.17) is 11.6 Å². The van der Waals surface area contributed by atoms with Crippen LogP contribution in [0, 0.1) is 11.6 Å². The van der Waals surface area contributed by atoms with E-state index in [9.17, 15) is 13.6 Å². The third-order valence-corrected chi connectivity index (χ3v) is 2.62. The Morgan fingerprint density at radius 2 is 2.12 bits per heavy atom. The minimum Gasteiger partial charge on any atom is -0.465 e. The van der Waals surface area contributed by atoms with Crippen LogP contribution in [0.25, 0.3) is 10.9 Å². The molecule has 3 nitrogen and oxygen atoms in total.